The van der Waals surface area contributed by atoms with Crippen LogP contribution < -0.4 is 0 Å². The van der Waals surface area contributed by atoms with Crippen molar-refractivity contribution in [1.82, 2.24) is 0 Å². The van der Waals surface area contributed by atoms with E-state index in [9.17, 15) is 0 Å². The van der Waals surface area contributed by atoms with Crippen LogP contribution in [0.25, 0.3) is 5.76 Å². The maximum Gasteiger partial charge on any atom is 0.242 e. The Morgan fingerprint density at radius 1 is 0.900 bits per heavy atom. The lowest BCUT2D eigenvalue weighted by molar-refractivity contribution is 0.513. The summed E-state index contributed by atoms with van der Waals surface area (Å²) in [6, 6.07) is 20.8. The maximum atomic E-state index is 6.25. The molecule has 0 aliphatic carbocycles. The van der Waals surface area contributed by atoms with Gasteiger partial charge in [-0.3, -0.25) is 0 Å². The van der Waals surface area contributed by atoms with Crippen LogP contribution in [0.15, 0.2) is 66.7 Å². The summed E-state index contributed by atoms with van der Waals surface area (Å²) < 4.78 is 6.25. The molecule has 20 heavy (non-hydrogen) atoms. The summed E-state index contributed by atoms with van der Waals surface area (Å²) in [5.74, 6) is 1.01. The third-order valence-corrected chi connectivity index (χ3v) is 3.67. The molecule has 0 fully saturated rings. The monoisotopic (exact) mass is 282 g/mol. The molecule has 2 rings (SSSR count). The van der Waals surface area contributed by atoms with Crippen LogP contribution in [0.5, 0.6) is 0 Å². The molecule has 0 aromatic heterocycles. The third kappa shape index (κ3) is 4.70. The van der Waals surface area contributed by atoms with Crippen molar-refractivity contribution in [2.24, 2.45) is 0 Å². The van der Waals surface area contributed by atoms with E-state index >= 15 is 0 Å². The van der Waals surface area contributed by atoms with E-state index in [0.717, 1.165) is 17.7 Å². The van der Waals surface area contributed by atoms with Crippen molar-refractivity contribution in [1.29, 1.82) is 0 Å². The highest BCUT2D eigenvalue weighted by Gasteiger charge is 2.18. The highest BCUT2D eigenvalue weighted by Crippen LogP contribution is 2.21. The highest BCUT2D eigenvalue weighted by molar-refractivity contribution is 6.70. The average Bonchev–Trinajstić information content (AvgIpc) is 2.44. The van der Waals surface area contributed by atoms with Gasteiger partial charge in [-0.2, -0.15) is 0 Å². The second kappa shape index (κ2) is 6.57. The van der Waals surface area contributed by atoms with Crippen molar-refractivity contribution in [3.8, 4) is 0 Å². The molecule has 0 saturated carbocycles. The van der Waals surface area contributed by atoms with Gasteiger partial charge in [0.25, 0.3) is 0 Å². The standard InChI is InChI=1S/C18H22OSi/c1-20(2,3)19-18(17-12-8-5-9-13-17)15-14-16-10-6-4-7-11-16/h4-13,15H,14H2,1-3H3/b18-15-. The molecule has 0 aliphatic rings. The minimum Gasteiger partial charge on any atom is -0.544 e. The Balaban J connectivity index is 2.22. The second-order valence-corrected chi connectivity index (χ2v) is 10.3. The van der Waals surface area contributed by atoms with Crippen LogP contribution in [-0.4, -0.2) is 8.32 Å². The van der Waals surface area contributed by atoms with Gasteiger partial charge in [0.05, 0.1) is 0 Å². The Kier molecular flexibility index (Phi) is 4.80. The van der Waals surface area contributed by atoms with Gasteiger partial charge < -0.3 is 4.43 Å². The molecule has 0 unspecified atom stereocenters. The molecular formula is C18H22OSi. The lowest BCUT2D eigenvalue weighted by atomic mass is 10.1. The molecule has 1 nitrogen and oxygen atoms in total. The summed E-state index contributed by atoms with van der Waals surface area (Å²) in [4.78, 5) is 0. The van der Waals surface area contributed by atoms with Gasteiger partial charge in [0.1, 0.15) is 5.76 Å². The summed E-state index contributed by atoms with van der Waals surface area (Å²) in [6.45, 7) is 6.64. The van der Waals surface area contributed by atoms with Gasteiger partial charge in [0.15, 0.2) is 0 Å². The summed E-state index contributed by atoms with van der Waals surface area (Å²) >= 11 is 0. The summed E-state index contributed by atoms with van der Waals surface area (Å²) in [6.07, 6.45) is 3.10. The molecule has 0 bridgehead atoms. The molecule has 2 heteroatoms. The molecule has 0 N–H and O–H groups in total. The van der Waals surface area contributed by atoms with Crippen LogP contribution in [0.4, 0.5) is 0 Å². The smallest absolute Gasteiger partial charge is 0.242 e. The molecule has 0 atom stereocenters. The van der Waals surface area contributed by atoms with Crippen molar-refractivity contribution >= 4 is 14.1 Å². The first kappa shape index (κ1) is 14.6. The molecule has 0 spiro atoms. The molecule has 0 radical (unpaired) electrons. The summed E-state index contributed by atoms with van der Waals surface area (Å²) in [5, 5.41) is 0. The van der Waals surface area contributed by atoms with Crippen LogP contribution in [0.1, 0.15) is 11.1 Å². The van der Waals surface area contributed by atoms with E-state index < -0.39 is 8.32 Å². The van der Waals surface area contributed by atoms with Crippen LogP contribution in [0.3, 0.4) is 0 Å². The Morgan fingerprint density at radius 3 is 2.00 bits per heavy atom. The van der Waals surface area contributed by atoms with Gasteiger partial charge in [0, 0.05) is 5.56 Å². The van der Waals surface area contributed by atoms with Crippen LogP contribution in [0.2, 0.25) is 19.6 Å². The maximum absolute atomic E-state index is 6.25. The first-order valence-corrected chi connectivity index (χ1v) is 10.4. The Labute approximate surface area is 123 Å². The topological polar surface area (TPSA) is 9.23 Å². The van der Waals surface area contributed by atoms with E-state index in [-0.39, 0.29) is 0 Å². The molecule has 0 saturated heterocycles. The fourth-order valence-electron chi connectivity index (χ4n) is 1.98. The average molecular weight is 282 g/mol. The van der Waals surface area contributed by atoms with Gasteiger partial charge >= 0.3 is 0 Å². The predicted octanol–water partition coefficient (Wildman–Crippen LogP) is 5.12. The minimum absolute atomic E-state index is 0.898. The lowest BCUT2D eigenvalue weighted by Crippen LogP contribution is -2.24. The molecule has 2 aromatic carbocycles. The van der Waals surface area contributed by atoms with Crippen molar-refractivity contribution in [2.75, 3.05) is 0 Å². The fourth-order valence-corrected chi connectivity index (χ4v) is 2.84. The zero-order valence-electron chi connectivity index (χ0n) is 12.5. The number of allylic oxidation sites excluding steroid dienone is 1. The number of rotatable bonds is 5. The molecule has 0 heterocycles. The number of hydrogen-bond donors (Lipinski definition) is 0. The summed E-state index contributed by atoms with van der Waals surface area (Å²) in [7, 11) is -1.61. The van der Waals surface area contributed by atoms with Crippen LogP contribution in [-0.2, 0) is 10.8 Å². The Morgan fingerprint density at radius 2 is 1.45 bits per heavy atom. The van der Waals surface area contributed by atoms with Crippen molar-refractivity contribution in [2.45, 2.75) is 26.1 Å². The van der Waals surface area contributed by atoms with Gasteiger partial charge in [-0.05, 0) is 37.7 Å². The van der Waals surface area contributed by atoms with Gasteiger partial charge in [0.2, 0.25) is 8.32 Å². The normalized spacial score (nSPS) is 12.2. The Bertz CT molecular complexity index is 553. The van der Waals surface area contributed by atoms with Gasteiger partial charge in [-0.15, -0.1) is 0 Å². The highest BCUT2D eigenvalue weighted by atomic mass is 28.4. The van der Waals surface area contributed by atoms with Crippen molar-refractivity contribution < 1.29 is 4.43 Å². The lowest BCUT2D eigenvalue weighted by Gasteiger charge is -2.22. The minimum atomic E-state index is -1.61. The van der Waals surface area contributed by atoms with Crippen molar-refractivity contribution in [3.05, 3.63) is 77.9 Å². The first-order valence-electron chi connectivity index (χ1n) is 7.03. The molecular weight excluding hydrogens is 260 g/mol. The summed E-state index contributed by atoms with van der Waals surface area (Å²) in [5.41, 5.74) is 2.46. The number of benzene rings is 2. The first-order chi connectivity index (χ1) is 9.54. The SMILES string of the molecule is C[Si](C)(C)O/C(=C\Cc1ccccc1)c1ccccc1. The molecule has 0 amide bonds. The Hall–Kier alpha value is -1.80. The molecule has 2 aromatic rings. The van der Waals surface area contributed by atoms with E-state index in [2.05, 4.69) is 74.2 Å². The van der Waals surface area contributed by atoms with E-state index in [1.807, 2.05) is 12.1 Å². The molecule has 104 valence electrons. The van der Waals surface area contributed by atoms with E-state index in [0.29, 0.717) is 0 Å². The van der Waals surface area contributed by atoms with E-state index in [1.54, 1.807) is 0 Å². The quantitative estimate of drug-likeness (QED) is 0.546. The predicted molar refractivity (Wildman–Crippen MR) is 89.0 cm³/mol. The largest absolute Gasteiger partial charge is 0.544 e. The second-order valence-electron chi connectivity index (χ2n) is 5.84. The molecule has 0 aliphatic heterocycles. The fraction of sp³-hybridized carbons (Fsp3) is 0.222. The van der Waals surface area contributed by atoms with Crippen LogP contribution in [0, 0.1) is 0 Å². The van der Waals surface area contributed by atoms with E-state index in [1.165, 1.54) is 5.56 Å². The van der Waals surface area contributed by atoms with Crippen molar-refractivity contribution in [3.63, 3.8) is 0 Å². The zero-order chi connectivity index (χ0) is 14.4. The zero-order valence-corrected chi connectivity index (χ0v) is 13.5. The van der Waals surface area contributed by atoms with Gasteiger partial charge in [-0.1, -0.05) is 60.7 Å². The van der Waals surface area contributed by atoms with E-state index in [4.69, 9.17) is 4.43 Å². The van der Waals surface area contributed by atoms with Crippen LogP contribution >= 0.6 is 0 Å². The number of hydrogen-bond acceptors (Lipinski definition) is 1. The third-order valence-electron chi connectivity index (χ3n) is 2.84. The van der Waals surface area contributed by atoms with Gasteiger partial charge in [-0.25, -0.2) is 0 Å².